The van der Waals surface area contributed by atoms with E-state index in [4.69, 9.17) is 4.74 Å². The Hall–Kier alpha value is -1.88. The van der Waals surface area contributed by atoms with Crippen LogP contribution >= 0.6 is 0 Å². The summed E-state index contributed by atoms with van der Waals surface area (Å²) in [5.41, 5.74) is 8.87. The van der Waals surface area contributed by atoms with Crippen molar-refractivity contribution in [3.63, 3.8) is 0 Å². The van der Waals surface area contributed by atoms with Crippen molar-refractivity contribution in [1.82, 2.24) is 15.3 Å². The molecule has 2 aliphatic rings. The summed E-state index contributed by atoms with van der Waals surface area (Å²) in [6, 6.07) is 15.2. The highest BCUT2D eigenvalue weighted by molar-refractivity contribution is 5.47. The molecule has 2 aliphatic heterocycles. The van der Waals surface area contributed by atoms with Gasteiger partial charge in [0.05, 0.1) is 6.04 Å². The first-order valence-electron chi connectivity index (χ1n) is 8.71. The van der Waals surface area contributed by atoms with Crippen molar-refractivity contribution in [2.24, 2.45) is 0 Å². The van der Waals surface area contributed by atoms with Crippen LogP contribution < -0.4 is 10.2 Å². The van der Waals surface area contributed by atoms with Gasteiger partial charge in [-0.05, 0) is 31.2 Å². The van der Waals surface area contributed by atoms with Gasteiger partial charge in [-0.2, -0.15) is 0 Å². The van der Waals surface area contributed by atoms with Gasteiger partial charge in [0.25, 0.3) is 0 Å². The second-order valence-corrected chi connectivity index (χ2v) is 6.88. The maximum atomic E-state index is 6.10. The first-order valence-corrected chi connectivity index (χ1v) is 8.71. The number of benzene rings is 2. The lowest BCUT2D eigenvalue weighted by Gasteiger charge is -2.36. The summed E-state index contributed by atoms with van der Waals surface area (Å²) in [5.74, 6) is 0.989. The number of rotatable bonds is 2. The third-order valence-electron chi connectivity index (χ3n) is 5.04. The van der Waals surface area contributed by atoms with Gasteiger partial charge in [-0.3, -0.25) is 0 Å². The molecule has 0 radical (unpaired) electrons. The maximum Gasteiger partial charge on any atom is 0.125 e. The van der Waals surface area contributed by atoms with Gasteiger partial charge in [0.15, 0.2) is 0 Å². The van der Waals surface area contributed by atoms with E-state index in [1.54, 1.807) is 0 Å². The molecule has 0 aromatic heterocycles. The fourth-order valence-corrected chi connectivity index (χ4v) is 3.55. The van der Waals surface area contributed by atoms with Gasteiger partial charge in [-0.15, -0.1) is 0 Å². The number of ether oxygens (including phenoxy) is 1. The predicted octanol–water partition coefficient (Wildman–Crippen LogP) is 2.73. The van der Waals surface area contributed by atoms with Crippen LogP contribution in [0.3, 0.4) is 0 Å². The van der Waals surface area contributed by atoms with Crippen LogP contribution in [0, 0.1) is 6.92 Å². The highest BCUT2D eigenvalue weighted by Gasteiger charge is 2.27. The largest absolute Gasteiger partial charge is 0.489 e. The standard InChI is InChI=1S/C20H25N3O/c1-15-7-8-19-18(13-15)20(21-23-11-9-22(2)10-12-23)17-6-4-3-5-16(17)14-24-19/h3-8,13,20-21H,9-12,14H2,1-2H3. The minimum absolute atomic E-state index is 0.141. The van der Waals surface area contributed by atoms with Crippen LogP contribution in [0.2, 0.25) is 0 Å². The monoisotopic (exact) mass is 323 g/mol. The van der Waals surface area contributed by atoms with Crippen molar-refractivity contribution in [2.75, 3.05) is 33.2 Å². The SMILES string of the molecule is Cc1ccc2c(c1)C(NN1CCN(C)CC1)c1ccccc1CO2. The lowest BCUT2D eigenvalue weighted by Crippen LogP contribution is -2.51. The van der Waals surface area contributed by atoms with Gasteiger partial charge in [-0.1, -0.05) is 42.0 Å². The molecule has 0 amide bonds. The third-order valence-corrected chi connectivity index (χ3v) is 5.04. The molecule has 1 N–H and O–H groups in total. The number of piperazine rings is 1. The Bertz CT molecular complexity index is 723. The number of likely N-dealkylation sites (N-methyl/N-ethyl adjacent to an activating group) is 1. The van der Waals surface area contributed by atoms with E-state index in [0.29, 0.717) is 6.61 Å². The number of hydrogen-bond donors (Lipinski definition) is 1. The third kappa shape index (κ3) is 3.05. The molecule has 0 bridgehead atoms. The molecule has 0 saturated carbocycles. The number of hydrogen-bond acceptors (Lipinski definition) is 4. The van der Waals surface area contributed by atoms with Crippen molar-refractivity contribution in [3.05, 3.63) is 64.7 Å². The quantitative estimate of drug-likeness (QED) is 0.920. The fraction of sp³-hybridized carbons (Fsp3) is 0.400. The van der Waals surface area contributed by atoms with Crippen LogP contribution in [-0.4, -0.2) is 43.1 Å². The molecule has 4 rings (SSSR count). The fourth-order valence-electron chi connectivity index (χ4n) is 3.55. The van der Waals surface area contributed by atoms with E-state index < -0.39 is 0 Å². The summed E-state index contributed by atoms with van der Waals surface area (Å²) < 4.78 is 6.10. The molecule has 126 valence electrons. The highest BCUT2D eigenvalue weighted by Crippen LogP contribution is 2.36. The molecule has 1 unspecified atom stereocenters. The van der Waals surface area contributed by atoms with Crippen molar-refractivity contribution >= 4 is 0 Å². The minimum atomic E-state index is 0.141. The topological polar surface area (TPSA) is 27.7 Å². The van der Waals surface area contributed by atoms with Gasteiger partial charge < -0.3 is 9.64 Å². The molecular formula is C20H25N3O. The Morgan fingerprint density at radius 2 is 1.79 bits per heavy atom. The van der Waals surface area contributed by atoms with E-state index in [2.05, 4.69) is 71.8 Å². The van der Waals surface area contributed by atoms with Crippen LogP contribution in [0.4, 0.5) is 0 Å². The van der Waals surface area contributed by atoms with Gasteiger partial charge in [0.2, 0.25) is 0 Å². The number of aryl methyl sites for hydroxylation is 1. The first-order chi connectivity index (χ1) is 11.7. The number of fused-ring (bicyclic) bond motifs is 2. The van der Waals surface area contributed by atoms with Crippen LogP contribution in [0.1, 0.15) is 28.3 Å². The zero-order valence-electron chi connectivity index (χ0n) is 14.5. The lowest BCUT2D eigenvalue weighted by molar-refractivity contribution is 0.0932. The van der Waals surface area contributed by atoms with Crippen LogP contribution in [0.5, 0.6) is 5.75 Å². The van der Waals surface area contributed by atoms with E-state index in [0.717, 1.165) is 31.9 Å². The van der Waals surface area contributed by atoms with E-state index >= 15 is 0 Å². The molecule has 0 spiro atoms. The van der Waals surface area contributed by atoms with Gasteiger partial charge in [0, 0.05) is 31.7 Å². The minimum Gasteiger partial charge on any atom is -0.489 e. The molecule has 4 nitrogen and oxygen atoms in total. The summed E-state index contributed by atoms with van der Waals surface area (Å²) in [4.78, 5) is 2.38. The Morgan fingerprint density at radius 3 is 2.62 bits per heavy atom. The first kappa shape index (κ1) is 15.6. The van der Waals surface area contributed by atoms with E-state index in [9.17, 15) is 0 Å². The number of nitrogens with zero attached hydrogens (tertiary/aromatic N) is 2. The Labute approximate surface area is 144 Å². The molecular weight excluding hydrogens is 298 g/mol. The smallest absolute Gasteiger partial charge is 0.125 e. The van der Waals surface area contributed by atoms with Crippen molar-refractivity contribution in [2.45, 2.75) is 19.6 Å². The zero-order chi connectivity index (χ0) is 16.5. The molecule has 2 aromatic carbocycles. The normalized spacial score (nSPS) is 21.5. The van der Waals surface area contributed by atoms with Crippen LogP contribution in [0.15, 0.2) is 42.5 Å². The molecule has 24 heavy (non-hydrogen) atoms. The summed E-state index contributed by atoms with van der Waals surface area (Å²) in [6.45, 7) is 7.04. The zero-order valence-corrected chi connectivity index (χ0v) is 14.5. The van der Waals surface area contributed by atoms with Gasteiger partial charge >= 0.3 is 0 Å². The second-order valence-electron chi connectivity index (χ2n) is 6.88. The summed E-state index contributed by atoms with van der Waals surface area (Å²) in [5, 5.41) is 2.36. The Kier molecular flexibility index (Phi) is 4.27. The summed E-state index contributed by atoms with van der Waals surface area (Å²) in [7, 11) is 2.19. The summed E-state index contributed by atoms with van der Waals surface area (Å²) in [6.07, 6.45) is 0. The average molecular weight is 323 g/mol. The van der Waals surface area contributed by atoms with E-state index in [-0.39, 0.29) is 6.04 Å². The predicted molar refractivity (Wildman–Crippen MR) is 96.0 cm³/mol. The van der Waals surface area contributed by atoms with Gasteiger partial charge in [-0.25, -0.2) is 10.4 Å². The molecule has 1 fully saturated rings. The van der Waals surface area contributed by atoms with Crippen LogP contribution in [0.25, 0.3) is 0 Å². The average Bonchev–Trinajstić information content (AvgIpc) is 2.74. The van der Waals surface area contributed by atoms with Gasteiger partial charge in [0.1, 0.15) is 12.4 Å². The molecule has 4 heteroatoms. The lowest BCUT2D eigenvalue weighted by atomic mass is 9.94. The van der Waals surface area contributed by atoms with E-state index in [1.165, 1.54) is 22.3 Å². The summed E-state index contributed by atoms with van der Waals surface area (Å²) >= 11 is 0. The highest BCUT2D eigenvalue weighted by atomic mass is 16.5. The molecule has 2 aromatic rings. The second kappa shape index (κ2) is 6.55. The van der Waals surface area contributed by atoms with Crippen molar-refractivity contribution in [1.29, 1.82) is 0 Å². The van der Waals surface area contributed by atoms with Crippen molar-refractivity contribution in [3.8, 4) is 5.75 Å². The number of hydrazine groups is 1. The van der Waals surface area contributed by atoms with E-state index in [1.807, 2.05) is 0 Å². The molecule has 0 aliphatic carbocycles. The van der Waals surface area contributed by atoms with Crippen LogP contribution in [-0.2, 0) is 6.61 Å². The molecule has 1 saturated heterocycles. The maximum absolute atomic E-state index is 6.10. The Balaban J connectivity index is 1.71. The molecule has 2 heterocycles. The molecule has 1 atom stereocenters. The number of nitrogens with one attached hydrogen (secondary N) is 1. The Morgan fingerprint density at radius 1 is 1.00 bits per heavy atom. The van der Waals surface area contributed by atoms with Crippen molar-refractivity contribution < 1.29 is 4.74 Å².